The zero-order valence-corrected chi connectivity index (χ0v) is 11.1. The summed E-state index contributed by atoms with van der Waals surface area (Å²) in [4.78, 5) is 29.3. The zero-order valence-electron chi connectivity index (χ0n) is 10.3. The summed E-state index contributed by atoms with van der Waals surface area (Å²) in [6.07, 6.45) is 1.74. The van der Waals surface area contributed by atoms with E-state index in [1.165, 1.54) is 0 Å². The van der Waals surface area contributed by atoms with Crippen LogP contribution >= 0.6 is 11.6 Å². The molecule has 1 aliphatic rings. The number of amides is 3. The molecule has 3 rings (SSSR count). The average Bonchev–Trinajstić information content (AvgIpc) is 2.74. The fourth-order valence-electron chi connectivity index (χ4n) is 2.11. The minimum Gasteiger partial charge on any atom is -0.292 e. The van der Waals surface area contributed by atoms with E-state index in [-0.39, 0.29) is 12.3 Å². The predicted octanol–water partition coefficient (Wildman–Crippen LogP) is 2.86. The van der Waals surface area contributed by atoms with Crippen LogP contribution in [0.4, 0.5) is 16.3 Å². The first-order valence-corrected chi connectivity index (χ1v) is 6.36. The van der Waals surface area contributed by atoms with E-state index in [1.807, 2.05) is 0 Å². The molecule has 2 heterocycles. The van der Waals surface area contributed by atoms with Gasteiger partial charge in [-0.05, 0) is 35.9 Å². The third-order valence-electron chi connectivity index (χ3n) is 2.98. The van der Waals surface area contributed by atoms with E-state index < -0.39 is 6.03 Å². The minimum atomic E-state index is -0.519. The summed E-state index contributed by atoms with van der Waals surface area (Å²) in [7, 11) is 0. The highest BCUT2D eigenvalue weighted by Crippen LogP contribution is 2.31. The molecule has 0 unspecified atom stereocenters. The van der Waals surface area contributed by atoms with Crippen molar-refractivity contribution in [1.29, 1.82) is 0 Å². The van der Waals surface area contributed by atoms with E-state index in [1.54, 1.807) is 42.6 Å². The van der Waals surface area contributed by atoms with E-state index in [9.17, 15) is 9.59 Å². The van der Waals surface area contributed by atoms with Gasteiger partial charge in [0, 0.05) is 11.2 Å². The number of carbonyl (C=O) groups is 2. The molecule has 0 fully saturated rings. The molecule has 1 N–H and O–H groups in total. The smallest absolute Gasteiger partial charge is 0.292 e. The molecule has 0 saturated heterocycles. The van der Waals surface area contributed by atoms with E-state index in [2.05, 4.69) is 10.3 Å². The van der Waals surface area contributed by atoms with Crippen LogP contribution in [0.3, 0.4) is 0 Å². The lowest BCUT2D eigenvalue weighted by molar-refractivity contribution is -0.116. The Kier molecular flexibility index (Phi) is 3.12. The molecule has 0 saturated carbocycles. The van der Waals surface area contributed by atoms with Crippen LogP contribution in [0.15, 0.2) is 42.6 Å². The number of aromatic nitrogens is 1. The summed E-state index contributed by atoms with van der Waals surface area (Å²) in [5, 5.41) is 3.14. The lowest BCUT2D eigenvalue weighted by Gasteiger charge is -2.15. The number of rotatable bonds is 1. The highest BCUT2D eigenvalue weighted by atomic mass is 35.5. The molecule has 0 aliphatic carbocycles. The minimum absolute atomic E-state index is 0.172. The van der Waals surface area contributed by atoms with Gasteiger partial charge in [0.25, 0.3) is 0 Å². The Morgan fingerprint density at radius 1 is 1.30 bits per heavy atom. The fourth-order valence-corrected chi connectivity index (χ4v) is 2.31. The normalized spacial score (nSPS) is 13.2. The Bertz CT molecular complexity index is 688. The summed E-state index contributed by atoms with van der Waals surface area (Å²) >= 11 is 5.89. The number of carbonyl (C=O) groups excluding carboxylic acids is 2. The number of hydrogen-bond donors (Lipinski definition) is 1. The van der Waals surface area contributed by atoms with Crippen LogP contribution in [0.25, 0.3) is 0 Å². The maximum Gasteiger partial charge on any atom is 0.334 e. The van der Waals surface area contributed by atoms with E-state index in [0.29, 0.717) is 16.5 Å². The number of pyridine rings is 1. The Morgan fingerprint density at radius 3 is 2.90 bits per heavy atom. The predicted molar refractivity (Wildman–Crippen MR) is 75.9 cm³/mol. The van der Waals surface area contributed by atoms with Gasteiger partial charge in [0.2, 0.25) is 5.91 Å². The second-order valence-electron chi connectivity index (χ2n) is 4.32. The Hall–Kier alpha value is -2.40. The second kappa shape index (κ2) is 4.94. The number of nitrogens with one attached hydrogen (secondary N) is 1. The first-order chi connectivity index (χ1) is 9.65. The zero-order chi connectivity index (χ0) is 14.1. The van der Waals surface area contributed by atoms with Gasteiger partial charge in [-0.15, -0.1) is 0 Å². The number of anilines is 2. The van der Waals surface area contributed by atoms with Crippen LogP contribution in [0.2, 0.25) is 5.02 Å². The van der Waals surface area contributed by atoms with Crippen LogP contribution in [-0.2, 0) is 11.2 Å². The molecule has 6 heteroatoms. The number of fused-ring (bicyclic) bond motifs is 1. The molecule has 0 spiro atoms. The topological polar surface area (TPSA) is 62.3 Å². The maximum atomic E-state index is 12.2. The number of nitrogens with zero attached hydrogens (tertiary/aromatic N) is 2. The molecule has 20 heavy (non-hydrogen) atoms. The van der Waals surface area contributed by atoms with E-state index in [0.717, 1.165) is 10.5 Å². The molecule has 0 atom stereocenters. The van der Waals surface area contributed by atoms with Crippen molar-refractivity contribution < 1.29 is 9.59 Å². The molecule has 100 valence electrons. The summed E-state index contributed by atoms with van der Waals surface area (Å²) in [6.45, 7) is 0. The molecule has 0 radical (unpaired) electrons. The summed E-state index contributed by atoms with van der Waals surface area (Å²) in [5.74, 6) is 0.114. The standard InChI is InChI=1S/C14H10ClN3O2/c15-10-4-5-11-9(7-10)8-13(19)18(11)14(20)17-12-3-1-2-6-16-12/h1-7H,8H2,(H,16,17,20). The lowest BCUT2D eigenvalue weighted by Crippen LogP contribution is -2.37. The molecule has 5 nitrogen and oxygen atoms in total. The number of halogens is 1. The summed E-state index contributed by atoms with van der Waals surface area (Å²) < 4.78 is 0. The Balaban J connectivity index is 1.88. The third kappa shape index (κ3) is 2.23. The highest BCUT2D eigenvalue weighted by Gasteiger charge is 2.32. The highest BCUT2D eigenvalue weighted by molar-refractivity contribution is 6.31. The molecule has 1 aromatic carbocycles. The van der Waals surface area contributed by atoms with Gasteiger partial charge in [-0.1, -0.05) is 17.7 Å². The Labute approximate surface area is 120 Å². The number of hydrogen-bond acceptors (Lipinski definition) is 3. The van der Waals surface area contributed by atoms with Crippen molar-refractivity contribution in [3.05, 3.63) is 53.2 Å². The van der Waals surface area contributed by atoms with Gasteiger partial charge in [0.1, 0.15) is 5.82 Å². The van der Waals surface area contributed by atoms with Crippen molar-refractivity contribution in [2.45, 2.75) is 6.42 Å². The number of urea groups is 1. The van der Waals surface area contributed by atoms with Crippen molar-refractivity contribution in [2.24, 2.45) is 0 Å². The SMILES string of the molecule is O=C1Cc2cc(Cl)ccc2N1C(=O)Nc1ccccn1. The molecule has 1 aromatic heterocycles. The van der Waals surface area contributed by atoms with Gasteiger partial charge in [-0.3, -0.25) is 10.1 Å². The quantitative estimate of drug-likeness (QED) is 0.877. The molecule has 1 aliphatic heterocycles. The summed E-state index contributed by atoms with van der Waals surface area (Å²) in [6, 6.07) is 9.65. The van der Waals surface area contributed by atoms with Crippen LogP contribution in [0.5, 0.6) is 0 Å². The van der Waals surface area contributed by atoms with Crippen molar-refractivity contribution in [1.82, 2.24) is 4.98 Å². The molecular formula is C14H10ClN3O2. The molecule has 0 bridgehead atoms. The first-order valence-electron chi connectivity index (χ1n) is 5.98. The van der Waals surface area contributed by atoms with Crippen molar-refractivity contribution in [3.63, 3.8) is 0 Å². The average molecular weight is 288 g/mol. The van der Waals surface area contributed by atoms with Crippen molar-refractivity contribution >= 4 is 35.0 Å². The van der Waals surface area contributed by atoms with Crippen molar-refractivity contribution in [2.75, 3.05) is 10.2 Å². The number of imide groups is 1. The first kappa shape index (κ1) is 12.6. The van der Waals surface area contributed by atoms with Gasteiger partial charge in [0.05, 0.1) is 12.1 Å². The van der Waals surface area contributed by atoms with E-state index in [4.69, 9.17) is 11.6 Å². The summed E-state index contributed by atoms with van der Waals surface area (Å²) in [5.41, 5.74) is 1.31. The molecular weight excluding hydrogens is 278 g/mol. The van der Waals surface area contributed by atoms with E-state index >= 15 is 0 Å². The van der Waals surface area contributed by atoms with Crippen LogP contribution in [0.1, 0.15) is 5.56 Å². The van der Waals surface area contributed by atoms with Crippen LogP contribution in [-0.4, -0.2) is 16.9 Å². The molecule has 3 amide bonds. The Morgan fingerprint density at radius 2 is 2.15 bits per heavy atom. The van der Waals surface area contributed by atoms with Crippen LogP contribution in [0, 0.1) is 0 Å². The fraction of sp³-hybridized carbons (Fsp3) is 0.0714. The largest absolute Gasteiger partial charge is 0.334 e. The monoisotopic (exact) mass is 287 g/mol. The van der Waals surface area contributed by atoms with Gasteiger partial charge in [0.15, 0.2) is 0 Å². The van der Waals surface area contributed by atoms with Gasteiger partial charge < -0.3 is 0 Å². The number of benzene rings is 1. The van der Waals surface area contributed by atoms with Gasteiger partial charge in [-0.2, -0.15) is 0 Å². The molecule has 2 aromatic rings. The van der Waals surface area contributed by atoms with Gasteiger partial charge >= 0.3 is 6.03 Å². The van der Waals surface area contributed by atoms with Crippen molar-refractivity contribution in [3.8, 4) is 0 Å². The maximum absolute atomic E-state index is 12.2. The third-order valence-corrected chi connectivity index (χ3v) is 3.21. The second-order valence-corrected chi connectivity index (χ2v) is 4.76. The lowest BCUT2D eigenvalue weighted by atomic mass is 10.2. The van der Waals surface area contributed by atoms with Crippen LogP contribution < -0.4 is 10.2 Å². The van der Waals surface area contributed by atoms with Gasteiger partial charge in [-0.25, -0.2) is 14.7 Å².